The standard InChI is InChI=1S/C16H26N4/c1-5-9-20(6-2)15-11-18-16(12(3)4)19-14(15)10-17-13-7-8-13/h5,11-13,17H,1,6-10H2,2-4H3. The Hall–Kier alpha value is -1.42. The number of nitrogens with one attached hydrogen (secondary N) is 1. The number of aromatic nitrogens is 2. The Balaban J connectivity index is 2.23. The predicted octanol–water partition coefficient (Wildman–Crippen LogP) is 2.86. The molecule has 1 aliphatic rings. The first-order valence-electron chi connectivity index (χ1n) is 7.60. The van der Waals surface area contributed by atoms with E-state index in [0.717, 1.165) is 36.8 Å². The molecular weight excluding hydrogens is 248 g/mol. The summed E-state index contributed by atoms with van der Waals surface area (Å²) in [7, 11) is 0. The summed E-state index contributed by atoms with van der Waals surface area (Å²) in [6.45, 7) is 12.9. The van der Waals surface area contributed by atoms with Gasteiger partial charge in [0.1, 0.15) is 5.82 Å². The minimum absolute atomic E-state index is 0.359. The summed E-state index contributed by atoms with van der Waals surface area (Å²) >= 11 is 0. The van der Waals surface area contributed by atoms with E-state index in [1.807, 2.05) is 12.3 Å². The minimum Gasteiger partial charge on any atom is -0.365 e. The van der Waals surface area contributed by atoms with Gasteiger partial charge in [0, 0.05) is 31.6 Å². The lowest BCUT2D eigenvalue weighted by molar-refractivity contribution is 0.656. The highest BCUT2D eigenvalue weighted by Crippen LogP contribution is 2.23. The maximum Gasteiger partial charge on any atom is 0.131 e. The Morgan fingerprint density at radius 3 is 2.80 bits per heavy atom. The van der Waals surface area contributed by atoms with Gasteiger partial charge in [-0.25, -0.2) is 9.97 Å². The van der Waals surface area contributed by atoms with Crippen molar-refractivity contribution in [3.05, 3.63) is 30.4 Å². The van der Waals surface area contributed by atoms with Crippen LogP contribution in [0.3, 0.4) is 0 Å². The lowest BCUT2D eigenvalue weighted by Crippen LogP contribution is -2.27. The van der Waals surface area contributed by atoms with Crippen LogP contribution >= 0.6 is 0 Å². The Morgan fingerprint density at radius 1 is 1.50 bits per heavy atom. The van der Waals surface area contributed by atoms with Crippen molar-refractivity contribution in [2.75, 3.05) is 18.0 Å². The van der Waals surface area contributed by atoms with Gasteiger partial charge in [-0.3, -0.25) is 0 Å². The minimum atomic E-state index is 0.359. The highest BCUT2D eigenvalue weighted by Gasteiger charge is 2.22. The fourth-order valence-electron chi connectivity index (χ4n) is 2.18. The molecule has 2 rings (SSSR count). The van der Waals surface area contributed by atoms with Gasteiger partial charge in [0.15, 0.2) is 0 Å². The Morgan fingerprint density at radius 2 is 2.25 bits per heavy atom. The third kappa shape index (κ3) is 3.79. The molecule has 0 atom stereocenters. The maximum atomic E-state index is 4.77. The summed E-state index contributed by atoms with van der Waals surface area (Å²) in [6.07, 6.45) is 6.49. The van der Waals surface area contributed by atoms with E-state index in [2.05, 4.69) is 42.6 Å². The van der Waals surface area contributed by atoms with E-state index in [4.69, 9.17) is 4.98 Å². The summed E-state index contributed by atoms with van der Waals surface area (Å²) in [4.78, 5) is 11.6. The molecule has 0 radical (unpaired) electrons. The molecule has 0 aromatic carbocycles. The van der Waals surface area contributed by atoms with Crippen LogP contribution in [0.15, 0.2) is 18.9 Å². The van der Waals surface area contributed by atoms with Crippen molar-refractivity contribution in [2.45, 2.75) is 52.1 Å². The van der Waals surface area contributed by atoms with Crippen molar-refractivity contribution >= 4 is 5.69 Å². The highest BCUT2D eigenvalue weighted by atomic mass is 15.1. The van der Waals surface area contributed by atoms with E-state index < -0.39 is 0 Å². The van der Waals surface area contributed by atoms with Gasteiger partial charge in [0.05, 0.1) is 17.6 Å². The van der Waals surface area contributed by atoms with Crippen LogP contribution in [0.25, 0.3) is 0 Å². The smallest absolute Gasteiger partial charge is 0.131 e. The number of hydrogen-bond acceptors (Lipinski definition) is 4. The molecule has 0 bridgehead atoms. The zero-order valence-electron chi connectivity index (χ0n) is 12.9. The molecule has 1 aliphatic carbocycles. The SMILES string of the molecule is C=CCN(CC)c1cnc(C(C)C)nc1CNC1CC1. The molecule has 20 heavy (non-hydrogen) atoms. The van der Waals surface area contributed by atoms with Crippen LogP contribution < -0.4 is 10.2 Å². The van der Waals surface area contributed by atoms with Crippen molar-refractivity contribution in [1.82, 2.24) is 15.3 Å². The second kappa shape index (κ2) is 6.84. The molecule has 110 valence electrons. The molecule has 0 spiro atoms. The normalized spacial score (nSPS) is 14.6. The van der Waals surface area contributed by atoms with Crippen molar-refractivity contribution < 1.29 is 0 Å². The van der Waals surface area contributed by atoms with Gasteiger partial charge in [0.2, 0.25) is 0 Å². The Kier molecular flexibility index (Phi) is 5.12. The number of likely N-dealkylation sites (N-methyl/N-ethyl adjacent to an activating group) is 1. The molecule has 1 fully saturated rings. The second-order valence-corrected chi connectivity index (χ2v) is 5.70. The fourth-order valence-corrected chi connectivity index (χ4v) is 2.18. The van der Waals surface area contributed by atoms with Crippen LogP contribution in [0.4, 0.5) is 5.69 Å². The van der Waals surface area contributed by atoms with Crippen molar-refractivity contribution in [3.8, 4) is 0 Å². The van der Waals surface area contributed by atoms with E-state index in [1.54, 1.807) is 0 Å². The van der Waals surface area contributed by atoms with Gasteiger partial charge in [-0.05, 0) is 19.8 Å². The van der Waals surface area contributed by atoms with Gasteiger partial charge in [-0.15, -0.1) is 6.58 Å². The van der Waals surface area contributed by atoms with Crippen LogP contribution in [-0.4, -0.2) is 29.1 Å². The molecule has 1 aromatic heterocycles. The molecule has 0 saturated heterocycles. The van der Waals surface area contributed by atoms with E-state index in [1.165, 1.54) is 12.8 Å². The summed E-state index contributed by atoms with van der Waals surface area (Å²) in [6, 6.07) is 0.690. The molecular formula is C16H26N4. The molecule has 1 saturated carbocycles. The van der Waals surface area contributed by atoms with Crippen LogP contribution in [0.1, 0.15) is 51.0 Å². The topological polar surface area (TPSA) is 41.1 Å². The summed E-state index contributed by atoms with van der Waals surface area (Å²) in [5.74, 6) is 1.29. The third-order valence-electron chi connectivity index (χ3n) is 3.59. The number of rotatable bonds is 8. The van der Waals surface area contributed by atoms with Gasteiger partial charge < -0.3 is 10.2 Å². The van der Waals surface area contributed by atoms with Crippen LogP contribution in [0.5, 0.6) is 0 Å². The average molecular weight is 274 g/mol. The van der Waals surface area contributed by atoms with Gasteiger partial charge in [-0.2, -0.15) is 0 Å². The summed E-state index contributed by atoms with van der Waals surface area (Å²) < 4.78 is 0. The Labute approximate surface area is 122 Å². The molecule has 1 N–H and O–H groups in total. The molecule has 0 unspecified atom stereocenters. The zero-order chi connectivity index (χ0) is 14.5. The molecule has 1 aromatic rings. The van der Waals surface area contributed by atoms with Gasteiger partial charge in [-0.1, -0.05) is 19.9 Å². The van der Waals surface area contributed by atoms with Crippen LogP contribution in [0.2, 0.25) is 0 Å². The summed E-state index contributed by atoms with van der Waals surface area (Å²) in [5.41, 5.74) is 2.24. The lowest BCUT2D eigenvalue weighted by atomic mass is 10.2. The zero-order valence-corrected chi connectivity index (χ0v) is 12.9. The largest absolute Gasteiger partial charge is 0.365 e. The van der Waals surface area contributed by atoms with E-state index in [0.29, 0.717) is 12.0 Å². The first kappa shape index (κ1) is 15.0. The first-order valence-corrected chi connectivity index (χ1v) is 7.60. The first-order chi connectivity index (χ1) is 9.65. The summed E-state index contributed by atoms with van der Waals surface area (Å²) in [5, 5.41) is 3.56. The monoisotopic (exact) mass is 274 g/mol. The average Bonchev–Trinajstić information content (AvgIpc) is 3.26. The number of nitrogens with zero attached hydrogens (tertiary/aromatic N) is 3. The van der Waals surface area contributed by atoms with Gasteiger partial charge >= 0.3 is 0 Å². The third-order valence-corrected chi connectivity index (χ3v) is 3.59. The molecule has 4 nitrogen and oxygen atoms in total. The van der Waals surface area contributed by atoms with Crippen LogP contribution in [-0.2, 0) is 6.54 Å². The number of hydrogen-bond donors (Lipinski definition) is 1. The molecule has 1 heterocycles. The fraction of sp³-hybridized carbons (Fsp3) is 0.625. The second-order valence-electron chi connectivity index (χ2n) is 5.70. The molecule has 0 aliphatic heterocycles. The maximum absolute atomic E-state index is 4.77. The number of anilines is 1. The van der Waals surface area contributed by atoms with E-state index >= 15 is 0 Å². The van der Waals surface area contributed by atoms with Crippen molar-refractivity contribution in [3.63, 3.8) is 0 Å². The van der Waals surface area contributed by atoms with Crippen molar-refractivity contribution in [2.24, 2.45) is 0 Å². The predicted molar refractivity (Wildman–Crippen MR) is 84.1 cm³/mol. The quantitative estimate of drug-likeness (QED) is 0.740. The van der Waals surface area contributed by atoms with Crippen LogP contribution in [0, 0.1) is 0 Å². The van der Waals surface area contributed by atoms with E-state index in [9.17, 15) is 0 Å². The van der Waals surface area contributed by atoms with Crippen molar-refractivity contribution in [1.29, 1.82) is 0 Å². The van der Waals surface area contributed by atoms with Gasteiger partial charge in [0.25, 0.3) is 0 Å². The van der Waals surface area contributed by atoms with E-state index in [-0.39, 0.29) is 0 Å². The molecule has 0 amide bonds. The Bertz CT molecular complexity index is 452. The lowest BCUT2D eigenvalue weighted by Gasteiger charge is -2.24. The highest BCUT2D eigenvalue weighted by molar-refractivity contribution is 5.49. The molecule has 4 heteroatoms.